The molecule has 0 aromatic carbocycles. The summed E-state index contributed by atoms with van der Waals surface area (Å²) in [5.41, 5.74) is 0.914. The molecule has 0 radical (unpaired) electrons. The number of nitrogens with zero attached hydrogens (tertiary/aromatic N) is 1. The Kier molecular flexibility index (Phi) is 3.78. The van der Waals surface area contributed by atoms with Crippen LogP contribution in [0.3, 0.4) is 0 Å². The fourth-order valence-corrected chi connectivity index (χ4v) is 3.08. The first kappa shape index (κ1) is 14.0. The van der Waals surface area contributed by atoms with Gasteiger partial charge in [0.1, 0.15) is 5.69 Å². The monoisotopic (exact) mass is 295 g/mol. The first-order valence-electron chi connectivity index (χ1n) is 7.44. The Morgan fingerprint density at radius 3 is 2.85 bits per heavy atom. The normalized spacial score (nSPS) is 21.7. The maximum absolute atomic E-state index is 12.4. The Labute approximate surface area is 124 Å². The minimum absolute atomic E-state index is 0.00329. The Bertz CT molecular complexity index is 501. The minimum Gasteiger partial charge on any atom is -0.350 e. The highest BCUT2D eigenvalue weighted by molar-refractivity contribution is 6.31. The third kappa shape index (κ3) is 3.01. The van der Waals surface area contributed by atoms with E-state index in [0.717, 1.165) is 45.3 Å². The van der Waals surface area contributed by atoms with E-state index in [-0.39, 0.29) is 11.3 Å². The number of carbonyl (C=O) groups is 1. The summed E-state index contributed by atoms with van der Waals surface area (Å²) < 4.78 is 2.03. The zero-order chi connectivity index (χ0) is 14.2. The van der Waals surface area contributed by atoms with Crippen molar-refractivity contribution < 1.29 is 4.79 Å². The molecular formula is C15H22ClN3O. The molecule has 2 fully saturated rings. The van der Waals surface area contributed by atoms with Gasteiger partial charge in [-0.05, 0) is 50.3 Å². The van der Waals surface area contributed by atoms with Crippen LogP contribution >= 0.6 is 11.6 Å². The van der Waals surface area contributed by atoms with Crippen LogP contribution in [0.1, 0.15) is 49.1 Å². The van der Waals surface area contributed by atoms with Crippen molar-refractivity contribution in [3.05, 3.63) is 23.0 Å². The van der Waals surface area contributed by atoms with Gasteiger partial charge in [-0.25, -0.2) is 0 Å². The zero-order valence-electron chi connectivity index (χ0n) is 11.9. The van der Waals surface area contributed by atoms with Crippen molar-refractivity contribution in [1.29, 1.82) is 0 Å². The lowest BCUT2D eigenvalue weighted by molar-refractivity contribution is 0.0912. The second-order valence-corrected chi connectivity index (χ2v) is 6.86. The smallest absolute Gasteiger partial charge is 0.267 e. The highest BCUT2D eigenvalue weighted by Gasteiger charge is 2.30. The Balaban J connectivity index is 1.64. The number of piperidine rings is 1. The lowest BCUT2D eigenvalue weighted by atomic mass is 9.81. The molecule has 0 atom stereocenters. The molecule has 2 heterocycles. The average Bonchev–Trinajstić information content (AvgIpc) is 3.20. The van der Waals surface area contributed by atoms with E-state index >= 15 is 0 Å². The first-order valence-corrected chi connectivity index (χ1v) is 7.81. The van der Waals surface area contributed by atoms with Gasteiger partial charge in [-0.3, -0.25) is 4.79 Å². The van der Waals surface area contributed by atoms with Gasteiger partial charge in [0.2, 0.25) is 0 Å². The van der Waals surface area contributed by atoms with Gasteiger partial charge < -0.3 is 15.2 Å². The SMILES string of the molecule is CC1(CNC(=O)c2cc(Cl)cn2C2CC2)CCNCC1. The van der Waals surface area contributed by atoms with Crippen LogP contribution in [0.4, 0.5) is 0 Å². The summed E-state index contributed by atoms with van der Waals surface area (Å²) in [5, 5.41) is 7.11. The standard InChI is InChI=1S/C15H22ClN3O/c1-15(4-6-17-7-5-15)10-18-14(20)13-8-11(16)9-19(13)12-2-3-12/h8-9,12,17H,2-7,10H2,1H3,(H,18,20). The summed E-state index contributed by atoms with van der Waals surface area (Å²) in [5.74, 6) is 0.00329. The van der Waals surface area contributed by atoms with Crippen molar-refractivity contribution in [3.63, 3.8) is 0 Å². The molecule has 1 saturated heterocycles. The summed E-state index contributed by atoms with van der Waals surface area (Å²) in [6.07, 6.45) is 6.39. The molecule has 110 valence electrons. The summed E-state index contributed by atoms with van der Waals surface area (Å²) in [4.78, 5) is 12.4. The predicted molar refractivity (Wildman–Crippen MR) is 80.3 cm³/mol. The van der Waals surface area contributed by atoms with E-state index in [1.165, 1.54) is 0 Å². The minimum atomic E-state index is 0.00329. The average molecular weight is 296 g/mol. The van der Waals surface area contributed by atoms with E-state index in [2.05, 4.69) is 17.6 Å². The van der Waals surface area contributed by atoms with Crippen LogP contribution in [-0.4, -0.2) is 30.1 Å². The number of amides is 1. The topological polar surface area (TPSA) is 46.1 Å². The maximum atomic E-state index is 12.4. The van der Waals surface area contributed by atoms with Crippen molar-refractivity contribution >= 4 is 17.5 Å². The third-order valence-electron chi connectivity index (χ3n) is 4.47. The van der Waals surface area contributed by atoms with E-state index in [0.29, 0.717) is 16.8 Å². The molecule has 1 aliphatic carbocycles. The molecule has 0 bridgehead atoms. The van der Waals surface area contributed by atoms with E-state index in [1.54, 1.807) is 6.07 Å². The van der Waals surface area contributed by atoms with Crippen molar-refractivity contribution in [2.45, 2.75) is 38.6 Å². The van der Waals surface area contributed by atoms with E-state index in [1.807, 2.05) is 10.8 Å². The van der Waals surface area contributed by atoms with Crippen molar-refractivity contribution in [2.75, 3.05) is 19.6 Å². The molecule has 1 aromatic rings. The van der Waals surface area contributed by atoms with E-state index in [9.17, 15) is 4.79 Å². The zero-order valence-corrected chi connectivity index (χ0v) is 12.7. The van der Waals surface area contributed by atoms with Gasteiger partial charge >= 0.3 is 0 Å². The van der Waals surface area contributed by atoms with Gasteiger partial charge in [0.05, 0.1) is 5.02 Å². The molecule has 4 nitrogen and oxygen atoms in total. The first-order chi connectivity index (χ1) is 9.57. The largest absolute Gasteiger partial charge is 0.350 e. The van der Waals surface area contributed by atoms with Crippen LogP contribution in [0.25, 0.3) is 0 Å². The maximum Gasteiger partial charge on any atom is 0.267 e. The molecule has 0 spiro atoms. The van der Waals surface area contributed by atoms with Gasteiger partial charge in [0, 0.05) is 18.8 Å². The van der Waals surface area contributed by atoms with Crippen LogP contribution in [-0.2, 0) is 0 Å². The number of rotatable bonds is 4. The Morgan fingerprint density at radius 1 is 1.50 bits per heavy atom. The molecule has 2 aliphatic rings. The predicted octanol–water partition coefficient (Wildman–Crippen LogP) is 2.60. The van der Waals surface area contributed by atoms with Crippen LogP contribution in [0.5, 0.6) is 0 Å². The number of hydrogen-bond acceptors (Lipinski definition) is 2. The highest BCUT2D eigenvalue weighted by atomic mass is 35.5. The van der Waals surface area contributed by atoms with Crippen molar-refractivity contribution in [3.8, 4) is 0 Å². The van der Waals surface area contributed by atoms with E-state index in [4.69, 9.17) is 11.6 Å². The second kappa shape index (κ2) is 5.41. The summed E-state index contributed by atoms with van der Waals surface area (Å²) in [7, 11) is 0. The molecular weight excluding hydrogens is 274 g/mol. The lowest BCUT2D eigenvalue weighted by Gasteiger charge is -2.34. The molecule has 5 heteroatoms. The molecule has 1 amide bonds. The molecule has 20 heavy (non-hydrogen) atoms. The lowest BCUT2D eigenvalue weighted by Crippen LogP contribution is -2.43. The van der Waals surface area contributed by atoms with Gasteiger partial charge in [-0.2, -0.15) is 0 Å². The van der Waals surface area contributed by atoms with Crippen LogP contribution in [0, 0.1) is 5.41 Å². The fourth-order valence-electron chi connectivity index (χ4n) is 2.87. The molecule has 3 rings (SSSR count). The Morgan fingerprint density at radius 2 is 2.20 bits per heavy atom. The van der Waals surface area contributed by atoms with Crippen molar-refractivity contribution in [2.24, 2.45) is 5.41 Å². The summed E-state index contributed by atoms with van der Waals surface area (Å²) in [6.45, 7) is 5.06. The van der Waals surface area contributed by atoms with Crippen LogP contribution in [0.15, 0.2) is 12.3 Å². The number of nitrogens with one attached hydrogen (secondary N) is 2. The van der Waals surface area contributed by atoms with Gasteiger partial charge in [-0.15, -0.1) is 0 Å². The number of aromatic nitrogens is 1. The molecule has 2 N–H and O–H groups in total. The fraction of sp³-hybridized carbons (Fsp3) is 0.667. The van der Waals surface area contributed by atoms with Gasteiger partial charge in [-0.1, -0.05) is 18.5 Å². The summed E-state index contributed by atoms with van der Waals surface area (Å²) in [6, 6.07) is 2.25. The second-order valence-electron chi connectivity index (χ2n) is 6.43. The molecule has 1 aliphatic heterocycles. The van der Waals surface area contributed by atoms with Gasteiger partial charge in [0.15, 0.2) is 0 Å². The van der Waals surface area contributed by atoms with E-state index < -0.39 is 0 Å². The molecule has 1 aromatic heterocycles. The number of hydrogen-bond donors (Lipinski definition) is 2. The Hall–Kier alpha value is -1.00. The van der Waals surface area contributed by atoms with Gasteiger partial charge in [0.25, 0.3) is 5.91 Å². The number of carbonyl (C=O) groups excluding carboxylic acids is 1. The quantitative estimate of drug-likeness (QED) is 0.897. The highest BCUT2D eigenvalue weighted by Crippen LogP contribution is 2.37. The third-order valence-corrected chi connectivity index (χ3v) is 4.68. The molecule has 0 unspecified atom stereocenters. The number of halogens is 1. The van der Waals surface area contributed by atoms with Crippen molar-refractivity contribution in [1.82, 2.24) is 15.2 Å². The van der Waals surface area contributed by atoms with Crippen LogP contribution in [0.2, 0.25) is 5.02 Å². The summed E-state index contributed by atoms with van der Waals surface area (Å²) >= 11 is 6.05. The molecule has 1 saturated carbocycles. The van der Waals surface area contributed by atoms with Crippen LogP contribution < -0.4 is 10.6 Å².